The molecule has 2 aliphatic heterocycles. The van der Waals surface area contributed by atoms with Crippen LogP contribution >= 0.6 is 11.8 Å². The third kappa shape index (κ3) is 6.39. The minimum atomic E-state index is -2.88. The number of carbonyl (C=O) groups excluding carboxylic acids is 1. The van der Waals surface area contributed by atoms with Gasteiger partial charge in [0, 0.05) is 0 Å². The Kier molecular flexibility index (Phi) is 10.5. The second kappa shape index (κ2) is 14.5. The molecule has 272 valence electrons. The van der Waals surface area contributed by atoms with Crippen molar-refractivity contribution in [1.29, 1.82) is 0 Å². The second-order valence-corrected chi connectivity index (χ2v) is 28.3. The van der Waals surface area contributed by atoms with Gasteiger partial charge in [-0.15, -0.1) is 0 Å². The van der Waals surface area contributed by atoms with Crippen molar-refractivity contribution in [2.45, 2.75) is 124 Å². The molecule has 7 rings (SSSR count). The number of benzene rings is 2. The van der Waals surface area contributed by atoms with Crippen molar-refractivity contribution in [3.05, 3.63) is 78.9 Å². The number of thioether (sulfide) groups is 1. The van der Waals surface area contributed by atoms with Crippen molar-refractivity contribution in [2.75, 3.05) is 5.32 Å². The normalized spacial score (nSPS) is 27.1. The molecule has 1 amide bonds. The summed E-state index contributed by atoms with van der Waals surface area (Å²) in [5.41, 5.74) is 2.90. The Labute approximate surface area is 315 Å². The number of aromatic nitrogens is 4. The van der Waals surface area contributed by atoms with Gasteiger partial charge in [-0.3, -0.25) is 0 Å². The fourth-order valence-corrected chi connectivity index (χ4v) is 25.8. The predicted molar refractivity (Wildman–Crippen MR) is 211 cm³/mol. The van der Waals surface area contributed by atoms with E-state index in [9.17, 15) is 4.79 Å². The molecular formula is C38H51N5O4SSeSi2. The molecule has 3 fully saturated rings. The molecule has 0 radical (unpaired) electrons. The molecule has 5 atom stereocenters. The number of nitrogens with zero attached hydrogens (tertiary/aromatic N) is 4. The van der Waals surface area contributed by atoms with Crippen LogP contribution in [0.15, 0.2) is 73.3 Å². The summed E-state index contributed by atoms with van der Waals surface area (Å²) in [6.45, 7) is 18.5. The first-order chi connectivity index (χ1) is 24.4. The van der Waals surface area contributed by atoms with Gasteiger partial charge in [-0.05, 0) is 0 Å². The molecule has 51 heavy (non-hydrogen) atoms. The molecular weight excluding hydrogens is 758 g/mol. The summed E-state index contributed by atoms with van der Waals surface area (Å²) < 4.78 is 26.8. The first-order valence-electron chi connectivity index (χ1n) is 18.4. The quantitative estimate of drug-likeness (QED) is 0.169. The average molecular weight is 809 g/mol. The molecule has 1 aliphatic carbocycles. The van der Waals surface area contributed by atoms with E-state index in [1.807, 2.05) is 36.3 Å². The van der Waals surface area contributed by atoms with Crippen molar-refractivity contribution in [3.8, 4) is 0 Å². The monoisotopic (exact) mass is 809 g/mol. The average Bonchev–Trinajstić information content (AvgIpc) is 3.79. The number of hydrogen-bond donors (Lipinski definition) is 1. The van der Waals surface area contributed by atoms with Crippen LogP contribution in [0.1, 0.15) is 90.4 Å². The van der Waals surface area contributed by atoms with Crippen LogP contribution in [0.2, 0.25) is 27.0 Å². The fraction of sp³-hybridized carbons (Fsp3) is 0.526. The van der Waals surface area contributed by atoms with Gasteiger partial charge in [0.05, 0.1) is 0 Å². The third-order valence-corrected chi connectivity index (χ3v) is 26.4. The van der Waals surface area contributed by atoms with Crippen LogP contribution in [0.4, 0.5) is 5.82 Å². The summed E-state index contributed by atoms with van der Waals surface area (Å²) in [6, 6.07) is 20.1. The van der Waals surface area contributed by atoms with Gasteiger partial charge in [-0.25, -0.2) is 0 Å². The van der Waals surface area contributed by atoms with Crippen LogP contribution in [0.25, 0.3) is 11.2 Å². The van der Waals surface area contributed by atoms with E-state index in [1.54, 1.807) is 12.1 Å². The van der Waals surface area contributed by atoms with E-state index in [-0.39, 0.29) is 70.2 Å². The van der Waals surface area contributed by atoms with Gasteiger partial charge in [0.15, 0.2) is 0 Å². The van der Waals surface area contributed by atoms with Crippen molar-refractivity contribution in [3.63, 3.8) is 0 Å². The summed E-state index contributed by atoms with van der Waals surface area (Å²) in [5.74, 6) is 0.182. The number of hydrogen-bond acceptors (Lipinski definition) is 8. The Morgan fingerprint density at radius 2 is 1.51 bits per heavy atom. The number of anilines is 1. The number of amides is 1. The molecule has 1 saturated carbocycles. The topological polar surface area (TPSA) is 100 Å². The molecule has 1 N–H and O–H groups in total. The van der Waals surface area contributed by atoms with E-state index in [0.29, 0.717) is 22.5 Å². The van der Waals surface area contributed by atoms with Crippen LogP contribution in [0, 0.1) is 0 Å². The van der Waals surface area contributed by atoms with E-state index in [0.717, 1.165) is 19.3 Å². The summed E-state index contributed by atoms with van der Waals surface area (Å²) in [7, 11) is -5.65. The van der Waals surface area contributed by atoms with Crippen LogP contribution < -0.4 is 9.78 Å². The van der Waals surface area contributed by atoms with Gasteiger partial charge in [0.2, 0.25) is 0 Å². The van der Waals surface area contributed by atoms with Crippen LogP contribution in [-0.4, -0.2) is 74.5 Å². The minimum absolute atomic E-state index is 0.0183. The van der Waals surface area contributed by atoms with Crippen LogP contribution in [-0.2, 0) is 13.0 Å². The summed E-state index contributed by atoms with van der Waals surface area (Å²) in [5, 5.41) is 2.99. The maximum absolute atomic E-state index is 13.2. The zero-order chi connectivity index (χ0) is 36.1. The molecule has 1 spiro atoms. The Morgan fingerprint density at radius 3 is 2.16 bits per heavy atom. The van der Waals surface area contributed by atoms with Gasteiger partial charge in [-0.1, -0.05) is 0 Å². The Hall–Kier alpha value is -2.36. The molecule has 0 unspecified atom stereocenters. The molecule has 0 bridgehead atoms. The first-order valence-corrected chi connectivity index (χ1v) is 25.1. The number of nitrogens with one attached hydrogen (secondary N) is 1. The van der Waals surface area contributed by atoms with Gasteiger partial charge in [0.1, 0.15) is 0 Å². The number of imidazole rings is 1. The molecule has 3 aliphatic rings. The first kappa shape index (κ1) is 37.0. The molecule has 13 heteroatoms. The van der Waals surface area contributed by atoms with Crippen molar-refractivity contribution < 1.29 is 17.8 Å². The molecule has 9 nitrogen and oxygen atoms in total. The van der Waals surface area contributed by atoms with Crippen molar-refractivity contribution in [1.82, 2.24) is 19.5 Å². The van der Waals surface area contributed by atoms with Crippen molar-refractivity contribution >= 4 is 71.2 Å². The summed E-state index contributed by atoms with van der Waals surface area (Å²) in [4.78, 5) is 27.5. The number of fused-ring (bicyclic) bond motifs is 1. The van der Waals surface area contributed by atoms with Crippen LogP contribution in [0.3, 0.4) is 0 Å². The van der Waals surface area contributed by atoms with Gasteiger partial charge >= 0.3 is 317 Å². The summed E-state index contributed by atoms with van der Waals surface area (Å²) in [6.07, 6.45) is 6.52. The van der Waals surface area contributed by atoms with E-state index in [1.165, 1.54) is 10.8 Å². The zero-order valence-corrected chi connectivity index (χ0v) is 35.4. The Balaban J connectivity index is 1.37. The molecule has 2 aromatic heterocycles. The summed E-state index contributed by atoms with van der Waals surface area (Å²) >= 11 is 2.08. The van der Waals surface area contributed by atoms with Crippen molar-refractivity contribution in [2.24, 2.45) is 0 Å². The van der Waals surface area contributed by atoms with E-state index in [2.05, 4.69) is 101 Å². The predicted octanol–water partition coefficient (Wildman–Crippen LogP) is 8.39. The van der Waals surface area contributed by atoms with E-state index >= 15 is 0 Å². The molecule has 2 saturated heterocycles. The Morgan fingerprint density at radius 1 is 0.882 bits per heavy atom. The van der Waals surface area contributed by atoms with Gasteiger partial charge < -0.3 is 0 Å². The molecule has 4 heterocycles. The van der Waals surface area contributed by atoms with Crippen LogP contribution in [0.5, 0.6) is 0 Å². The second-order valence-electron chi connectivity index (χ2n) is 15.4. The fourth-order valence-electron chi connectivity index (χ4n) is 8.50. The van der Waals surface area contributed by atoms with E-state index in [4.69, 9.17) is 22.9 Å². The number of carbonyl (C=O) groups is 1. The molecule has 4 aromatic rings. The third-order valence-electron chi connectivity index (χ3n) is 11.1. The van der Waals surface area contributed by atoms with Gasteiger partial charge in [-0.2, -0.15) is 0 Å². The Bertz CT molecular complexity index is 1830. The zero-order valence-electron chi connectivity index (χ0n) is 30.9. The molecule has 2 aromatic carbocycles. The number of rotatable bonds is 9. The standard InChI is InChI=1S/C38H51N5O4SSeSi2/c1-24(2)50(25(3)4)45-30-20-15-21-38(30)33(46-51(47-50,26(5)6)27(7)8)32(49-29-18-13-10-14-19-29)37(48-38)43-23-41-31-34(39-22-40-35(31)43)42-36(44)28-16-11-9-12-17-28/h9-14,16-19,22-27,30,32-33,37H,15,20-21H2,1-8H3,(H,39,40,42,44)/t30-,32-,33+,37-,38+/m1/s1. The van der Waals surface area contributed by atoms with E-state index < -0.39 is 17.1 Å². The van der Waals surface area contributed by atoms with Gasteiger partial charge in [0.25, 0.3) is 0 Å². The SMILES string of the molecule is CC(C)[Si]1(C(C)C)O[C@@H]2CCC[C@]23S[C@@H](n2cnc4c(NC(=O)c5ccccc5)ncnc42)[C@H]([Se]c2ccccc2)[C@@H]3O[Si](C(C)C)(C(C)C)O1. The maximum atomic E-state index is 13.2.